The molecule has 1 saturated heterocycles. The Balaban J connectivity index is 2.55. The van der Waals surface area contributed by atoms with E-state index in [2.05, 4.69) is 31.9 Å². The van der Waals surface area contributed by atoms with Crippen LogP contribution in [0.4, 0.5) is 5.69 Å². The first kappa shape index (κ1) is 12.5. The average Bonchev–Trinajstić information content (AvgIpc) is 2.47. The fourth-order valence-electron chi connectivity index (χ4n) is 1.48. The van der Waals surface area contributed by atoms with Crippen LogP contribution in [-0.2, 0) is 4.79 Å². The molecule has 0 atom stereocenters. The third-order valence-corrected chi connectivity index (χ3v) is 4.70. The third-order valence-electron chi connectivity index (χ3n) is 2.14. The van der Waals surface area contributed by atoms with Gasteiger partial charge in [0.05, 0.1) is 11.4 Å². The number of carbonyl (C=O) groups is 1. The second-order valence-electron chi connectivity index (χ2n) is 3.36. The van der Waals surface area contributed by atoms with Crippen LogP contribution in [0.2, 0.25) is 0 Å². The van der Waals surface area contributed by atoms with Crippen LogP contribution in [0.25, 0.3) is 0 Å². The molecule has 2 rings (SSSR count). The number of nitrogens with zero attached hydrogens (tertiary/aromatic N) is 1. The molecule has 0 saturated carbocycles. The Kier molecular flexibility index (Phi) is 3.73. The van der Waals surface area contributed by atoms with E-state index < -0.39 is 0 Å². The van der Waals surface area contributed by atoms with Crippen molar-refractivity contribution in [3.05, 3.63) is 26.6 Å². The molecule has 0 unspecified atom stereocenters. The number of carbonyl (C=O) groups excluding carboxylic acids is 1. The molecule has 6 heteroatoms. The molecule has 16 heavy (non-hydrogen) atoms. The van der Waals surface area contributed by atoms with E-state index in [-0.39, 0.29) is 5.91 Å². The van der Waals surface area contributed by atoms with Gasteiger partial charge in [-0.25, -0.2) is 0 Å². The minimum atomic E-state index is 0.0280. The number of thioether (sulfide) groups is 1. The molecular weight excluding hydrogens is 374 g/mol. The Bertz CT molecular complexity index is 451. The fourth-order valence-corrected chi connectivity index (χ4v) is 4.31. The summed E-state index contributed by atoms with van der Waals surface area (Å²) in [6, 6.07) is 3.94. The summed E-state index contributed by atoms with van der Waals surface area (Å²) in [7, 11) is 0. The first-order valence-electron chi connectivity index (χ1n) is 4.46. The summed E-state index contributed by atoms with van der Waals surface area (Å²) >= 11 is 13.5. The topological polar surface area (TPSA) is 20.3 Å². The number of hydrogen-bond acceptors (Lipinski definition) is 3. The zero-order valence-corrected chi connectivity index (χ0v) is 13.1. The molecule has 1 aliphatic rings. The van der Waals surface area contributed by atoms with Crippen LogP contribution in [0.5, 0.6) is 0 Å². The lowest BCUT2D eigenvalue weighted by Crippen LogP contribution is -2.28. The van der Waals surface area contributed by atoms with Crippen LogP contribution in [0.15, 0.2) is 21.1 Å². The Labute approximate surface area is 120 Å². The Hall–Kier alpha value is 0.0900. The molecule has 0 N–H and O–H groups in total. The first-order valence-corrected chi connectivity index (χ1v) is 7.44. The predicted molar refractivity (Wildman–Crippen MR) is 79.1 cm³/mol. The van der Waals surface area contributed by atoms with E-state index >= 15 is 0 Å². The SMILES string of the molecule is Cc1cc(Br)c(N2C(=O)CSC2=S)c(Br)c1. The van der Waals surface area contributed by atoms with Crippen molar-refractivity contribution in [1.82, 2.24) is 0 Å². The Morgan fingerprint density at radius 2 is 1.94 bits per heavy atom. The minimum Gasteiger partial charge on any atom is -0.273 e. The van der Waals surface area contributed by atoms with Crippen LogP contribution < -0.4 is 4.90 Å². The van der Waals surface area contributed by atoms with Crippen molar-refractivity contribution in [2.75, 3.05) is 10.7 Å². The van der Waals surface area contributed by atoms with Crippen molar-refractivity contribution in [3.8, 4) is 0 Å². The van der Waals surface area contributed by atoms with Crippen LogP contribution in [-0.4, -0.2) is 16.0 Å². The molecule has 0 spiro atoms. The van der Waals surface area contributed by atoms with Crippen molar-refractivity contribution in [2.45, 2.75) is 6.92 Å². The first-order chi connectivity index (χ1) is 7.50. The van der Waals surface area contributed by atoms with Gasteiger partial charge in [-0.15, -0.1) is 0 Å². The van der Waals surface area contributed by atoms with Gasteiger partial charge in [0.25, 0.3) is 0 Å². The van der Waals surface area contributed by atoms with E-state index in [1.165, 1.54) is 11.8 Å². The van der Waals surface area contributed by atoms with Gasteiger partial charge < -0.3 is 0 Å². The smallest absolute Gasteiger partial charge is 0.243 e. The Morgan fingerprint density at radius 3 is 2.38 bits per heavy atom. The van der Waals surface area contributed by atoms with Crippen LogP contribution in [0.3, 0.4) is 0 Å². The van der Waals surface area contributed by atoms with E-state index in [0.717, 1.165) is 20.2 Å². The number of aryl methyl sites for hydroxylation is 1. The standard InChI is InChI=1S/C10H7Br2NOS2/c1-5-2-6(11)9(7(12)3-5)13-8(14)4-16-10(13)15/h2-3H,4H2,1H3. The molecular formula is C10H7Br2NOS2. The highest BCUT2D eigenvalue weighted by Crippen LogP contribution is 2.39. The monoisotopic (exact) mass is 379 g/mol. The highest BCUT2D eigenvalue weighted by Gasteiger charge is 2.30. The van der Waals surface area contributed by atoms with Gasteiger partial charge in [-0.1, -0.05) is 24.0 Å². The quantitative estimate of drug-likeness (QED) is 0.689. The molecule has 2 nitrogen and oxygen atoms in total. The van der Waals surface area contributed by atoms with Gasteiger partial charge in [-0.3, -0.25) is 9.69 Å². The number of halogens is 2. The zero-order chi connectivity index (χ0) is 11.9. The lowest BCUT2D eigenvalue weighted by molar-refractivity contribution is -0.115. The summed E-state index contributed by atoms with van der Waals surface area (Å²) < 4.78 is 2.35. The fraction of sp³-hybridized carbons (Fsp3) is 0.200. The lowest BCUT2D eigenvalue weighted by atomic mass is 10.2. The van der Waals surface area contributed by atoms with E-state index in [9.17, 15) is 4.79 Å². The maximum absolute atomic E-state index is 11.8. The lowest BCUT2D eigenvalue weighted by Gasteiger charge is -2.19. The minimum absolute atomic E-state index is 0.0280. The van der Waals surface area contributed by atoms with Crippen molar-refractivity contribution in [1.29, 1.82) is 0 Å². The number of anilines is 1. The molecule has 1 fully saturated rings. The summed E-state index contributed by atoms with van der Waals surface area (Å²) in [5.74, 6) is 0.450. The van der Waals surface area contributed by atoms with E-state index in [0.29, 0.717) is 10.1 Å². The summed E-state index contributed by atoms with van der Waals surface area (Å²) in [5, 5.41) is 0. The third kappa shape index (κ3) is 2.20. The predicted octanol–water partition coefficient (Wildman–Crippen LogP) is 3.88. The van der Waals surface area contributed by atoms with E-state index in [1.54, 1.807) is 4.90 Å². The molecule has 0 aliphatic carbocycles. The van der Waals surface area contributed by atoms with Crippen molar-refractivity contribution in [2.24, 2.45) is 0 Å². The summed E-state index contributed by atoms with van der Waals surface area (Å²) in [5.41, 5.74) is 1.92. The summed E-state index contributed by atoms with van der Waals surface area (Å²) in [6.45, 7) is 2.00. The highest BCUT2D eigenvalue weighted by molar-refractivity contribution is 9.11. The largest absolute Gasteiger partial charge is 0.273 e. The zero-order valence-electron chi connectivity index (χ0n) is 8.29. The molecule has 0 radical (unpaired) electrons. The van der Waals surface area contributed by atoms with Crippen LogP contribution in [0, 0.1) is 6.92 Å². The van der Waals surface area contributed by atoms with Gasteiger partial charge in [0, 0.05) is 8.95 Å². The van der Waals surface area contributed by atoms with Crippen LogP contribution in [0.1, 0.15) is 5.56 Å². The van der Waals surface area contributed by atoms with Crippen molar-refractivity contribution in [3.63, 3.8) is 0 Å². The molecule has 0 aromatic heterocycles. The molecule has 1 aromatic rings. The van der Waals surface area contributed by atoms with E-state index in [1.807, 2.05) is 19.1 Å². The molecule has 1 aliphatic heterocycles. The van der Waals surface area contributed by atoms with Crippen LogP contribution >= 0.6 is 55.8 Å². The van der Waals surface area contributed by atoms with Gasteiger partial charge in [0.1, 0.15) is 4.32 Å². The second-order valence-corrected chi connectivity index (χ2v) is 6.68. The molecule has 1 amide bonds. The van der Waals surface area contributed by atoms with E-state index in [4.69, 9.17) is 12.2 Å². The van der Waals surface area contributed by atoms with Gasteiger partial charge in [-0.05, 0) is 56.5 Å². The normalized spacial score (nSPS) is 16.1. The number of thiocarbonyl (C=S) groups is 1. The highest BCUT2D eigenvalue weighted by atomic mass is 79.9. The number of benzene rings is 1. The number of rotatable bonds is 1. The van der Waals surface area contributed by atoms with Crippen molar-refractivity contribution >= 4 is 71.8 Å². The van der Waals surface area contributed by atoms with Gasteiger partial charge >= 0.3 is 0 Å². The number of amides is 1. The number of hydrogen-bond donors (Lipinski definition) is 0. The molecule has 1 aromatic carbocycles. The molecule has 1 heterocycles. The van der Waals surface area contributed by atoms with Gasteiger partial charge in [0.15, 0.2) is 0 Å². The summed E-state index contributed by atoms with van der Waals surface area (Å²) in [4.78, 5) is 13.3. The Morgan fingerprint density at radius 1 is 1.38 bits per heavy atom. The van der Waals surface area contributed by atoms with Crippen molar-refractivity contribution < 1.29 is 4.79 Å². The van der Waals surface area contributed by atoms with Gasteiger partial charge in [-0.2, -0.15) is 0 Å². The van der Waals surface area contributed by atoms with Gasteiger partial charge in [0.2, 0.25) is 5.91 Å². The maximum Gasteiger partial charge on any atom is 0.243 e. The average molecular weight is 381 g/mol. The molecule has 0 bridgehead atoms. The summed E-state index contributed by atoms with van der Waals surface area (Å²) in [6.07, 6.45) is 0. The second kappa shape index (κ2) is 4.76. The maximum atomic E-state index is 11.8. The molecule has 84 valence electrons.